The van der Waals surface area contributed by atoms with E-state index < -0.39 is 0 Å². The van der Waals surface area contributed by atoms with Crippen LogP contribution in [0.1, 0.15) is 18.1 Å². The Labute approximate surface area is 200 Å². The normalized spacial score (nSPS) is 15.5. The SMILES string of the molecule is CC(=O)Nc1ccc(N=C2NC(=O)/C(=C/c3ccccc3OCc3ccccc3Cl)S2)cc1. The largest absolute Gasteiger partial charge is 0.488 e. The second-order valence-electron chi connectivity index (χ2n) is 7.13. The molecule has 166 valence electrons. The van der Waals surface area contributed by atoms with Crippen molar-refractivity contribution in [1.82, 2.24) is 5.32 Å². The molecule has 3 aromatic carbocycles. The monoisotopic (exact) mass is 477 g/mol. The van der Waals surface area contributed by atoms with Gasteiger partial charge in [-0.2, -0.15) is 0 Å². The van der Waals surface area contributed by atoms with Crippen LogP contribution in [-0.2, 0) is 16.2 Å². The van der Waals surface area contributed by atoms with Gasteiger partial charge in [-0.05, 0) is 54.2 Å². The number of amidine groups is 1. The van der Waals surface area contributed by atoms with E-state index >= 15 is 0 Å². The highest BCUT2D eigenvalue weighted by Gasteiger charge is 2.24. The lowest BCUT2D eigenvalue weighted by atomic mass is 10.2. The second-order valence-corrected chi connectivity index (χ2v) is 8.57. The molecule has 0 radical (unpaired) electrons. The Hall–Kier alpha value is -3.55. The maximum atomic E-state index is 12.5. The predicted octanol–water partition coefficient (Wildman–Crippen LogP) is 5.77. The van der Waals surface area contributed by atoms with Gasteiger partial charge in [0, 0.05) is 28.8 Å². The number of amides is 2. The van der Waals surface area contributed by atoms with E-state index in [-0.39, 0.29) is 11.8 Å². The van der Waals surface area contributed by atoms with Crippen LogP contribution in [0.4, 0.5) is 11.4 Å². The summed E-state index contributed by atoms with van der Waals surface area (Å²) in [6.45, 7) is 1.77. The van der Waals surface area contributed by atoms with Gasteiger partial charge in [-0.25, -0.2) is 4.99 Å². The van der Waals surface area contributed by atoms with E-state index in [1.807, 2.05) is 48.5 Å². The van der Waals surface area contributed by atoms with E-state index in [1.54, 1.807) is 30.3 Å². The van der Waals surface area contributed by atoms with E-state index in [4.69, 9.17) is 16.3 Å². The lowest BCUT2D eigenvalue weighted by Gasteiger charge is -2.10. The minimum atomic E-state index is -0.227. The quantitative estimate of drug-likeness (QED) is 0.442. The van der Waals surface area contributed by atoms with Crippen molar-refractivity contribution < 1.29 is 14.3 Å². The number of halogens is 1. The summed E-state index contributed by atoms with van der Waals surface area (Å²) in [7, 11) is 0. The van der Waals surface area contributed by atoms with Crippen molar-refractivity contribution in [3.8, 4) is 5.75 Å². The van der Waals surface area contributed by atoms with Gasteiger partial charge in [0.25, 0.3) is 5.91 Å². The van der Waals surface area contributed by atoms with E-state index in [9.17, 15) is 9.59 Å². The molecular weight excluding hydrogens is 458 g/mol. The molecule has 33 heavy (non-hydrogen) atoms. The van der Waals surface area contributed by atoms with Gasteiger partial charge < -0.3 is 15.4 Å². The van der Waals surface area contributed by atoms with Crippen molar-refractivity contribution in [2.45, 2.75) is 13.5 Å². The van der Waals surface area contributed by atoms with Crippen LogP contribution in [0.5, 0.6) is 5.75 Å². The Morgan fingerprint density at radius 1 is 1.09 bits per heavy atom. The molecule has 0 saturated carbocycles. The number of anilines is 1. The van der Waals surface area contributed by atoms with E-state index in [0.717, 1.165) is 11.1 Å². The Morgan fingerprint density at radius 3 is 2.58 bits per heavy atom. The molecule has 1 fully saturated rings. The fourth-order valence-corrected chi connectivity index (χ4v) is 4.09. The molecular formula is C25H20ClN3O3S. The van der Waals surface area contributed by atoms with Gasteiger partial charge in [-0.1, -0.05) is 48.0 Å². The molecule has 3 aromatic rings. The average Bonchev–Trinajstić information content (AvgIpc) is 3.13. The van der Waals surface area contributed by atoms with Gasteiger partial charge in [0.1, 0.15) is 12.4 Å². The third-order valence-corrected chi connectivity index (χ3v) is 5.89. The first-order chi connectivity index (χ1) is 16.0. The van der Waals surface area contributed by atoms with Gasteiger partial charge in [0.15, 0.2) is 5.17 Å². The summed E-state index contributed by atoms with van der Waals surface area (Å²) in [4.78, 5) is 28.6. The second kappa shape index (κ2) is 10.4. The fraction of sp³-hybridized carbons (Fsp3) is 0.0800. The van der Waals surface area contributed by atoms with Crippen LogP contribution in [0.15, 0.2) is 82.7 Å². The van der Waals surface area contributed by atoms with E-state index in [1.165, 1.54) is 18.7 Å². The summed E-state index contributed by atoms with van der Waals surface area (Å²) < 4.78 is 5.98. The molecule has 1 aliphatic heterocycles. The van der Waals surface area contributed by atoms with Crippen LogP contribution in [0, 0.1) is 0 Å². The van der Waals surface area contributed by atoms with Crippen molar-refractivity contribution in [3.05, 3.63) is 93.9 Å². The van der Waals surface area contributed by atoms with Gasteiger partial charge in [-0.15, -0.1) is 0 Å². The zero-order valence-electron chi connectivity index (χ0n) is 17.7. The van der Waals surface area contributed by atoms with Crippen LogP contribution in [0.3, 0.4) is 0 Å². The zero-order valence-corrected chi connectivity index (χ0v) is 19.2. The molecule has 0 atom stereocenters. The van der Waals surface area contributed by atoms with Crippen LogP contribution in [0.25, 0.3) is 6.08 Å². The number of nitrogens with zero attached hydrogens (tertiary/aromatic N) is 1. The smallest absolute Gasteiger partial charge is 0.264 e. The molecule has 6 nitrogen and oxygen atoms in total. The minimum absolute atomic E-state index is 0.140. The lowest BCUT2D eigenvalue weighted by Crippen LogP contribution is -2.19. The molecule has 0 spiro atoms. The molecule has 1 saturated heterocycles. The summed E-state index contributed by atoms with van der Waals surface area (Å²) >= 11 is 7.47. The van der Waals surface area contributed by atoms with Crippen LogP contribution in [0.2, 0.25) is 5.02 Å². The number of aliphatic imine (C=N–C) groups is 1. The van der Waals surface area contributed by atoms with Gasteiger partial charge >= 0.3 is 0 Å². The van der Waals surface area contributed by atoms with Gasteiger partial charge in [-0.3, -0.25) is 9.59 Å². The number of hydrogen-bond acceptors (Lipinski definition) is 5. The first-order valence-corrected chi connectivity index (χ1v) is 11.3. The van der Waals surface area contributed by atoms with Gasteiger partial charge in [0.2, 0.25) is 5.91 Å². The van der Waals surface area contributed by atoms with Crippen molar-refractivity contribution in [1.29, 1.82) is 0 Å². The zero-order chi connectivity index (χ0) is 23.2. The molecule has 4 rings (SSSR count). The Morgan fingerprint density at radius 2 is 1.82 bits per heavy atom. The number of carbonyl (C=O) groups is 2. The Balaban J connectivity index is 1.48. The highest BCUT2D eigenvalue weighted by atomic mass is 35.5. The topological polar surface area (TPSA) is 79.8 Å². The van der Waals surface area contributed by atoms with Crippen LogP contribution < -0.4 is 15.4 Å². The molecule has 0 aliphatic carbocycles. The van der Waals surface area contributed by atoms with Crippen molar-refractivity contribution in [2.24, 2.45) is 4.99 Å². The molecule has 2 amide bonds. The van der Waals surface area contributed by atoms with E-state index in [0.29, 0.717) is 38.8 Å². The summed E-state index contributed by atoms with van der Waals surface area (Å²) in [6.07, 6.45) is 1.78. The standard InChI is InChI=1S/C25H20ClN3O3S/c1-16(30)27-19-10-12-20(13-11-19)28-25-29-24(31)23(33-25)14-17-6-3-5-9-22(17)32-15-18-7-2-4-8-21(18)26/h2-14H,15H2,1H3,(H,27,30)(H,28,29,31)/b23-14-. The summed E-state index contributed by atoms with van der Waals surface area (Å²) in [5, 5.41) is 6.61. The Bertz CT molecular complexity index is 1260. The number of thioether (sulfide) groups is 1. The predicted molar refractivity (Wildman–Crippen MR) is 134 cm³/mol. The molecule has 0 aromatic heterocycles. The van der Waals surface area contributed by atoms with Gasteiger partial charge in [0.05, 0.1) is 10.6 Å². The summed E-state index contributed by atoms with van der Waals surface area (Å²) in [5.74, 6) is 0.283. The van der Waals surface area contributed by atoms with Crippen molar-refractivity contribution in [2.75, 3.05) is 5.32 Å². The molecule has 0 unspecified atom stereocenters. The molecule has 2 N–H and O–H groups in total. The van der Waals surface area contributed by atoms with Crippen LogP contribution in [-0.4, -0.2) is 17.0 Å². The Kier molecular flexibility index (Phi) is 7.12. The highest BCUT2D eigenvalue weighted by molar-refractivity contribution is 8.18. The highest BCUT2D eigenvalue weighted by Crippen LogP contribution is 2.31. The maximum absolute atomic E-state index is 12.5. The summed E-state index contributed by atoms with van der Waals surface area (Å²) in [5.41, 5.74) is 3.01. The third-order valence-electron chi connectivity index (χ3n) is 4.62. The van der Waals surface area contributed by atoms with Crippen LogP contribution >= 0.6 is 23.4 Å². The number of para-hydroxylation sites is 1. The molecule has 8 heteroatoms. The first-order valence-electron chi connectivity index (χ1n) is 10.1. The molecule has 0 bridgehead atoms. The van der Waals surface area contributed by atoms with Crippen molar-refractivity contribution >= 4 is 57.8 Å². The average molecular weight is 478 g/mol. The first kappa shape index (κ1) is 22.6. The van der Waals surface area contributed by atoms with Crippen molar-refractivity contribution in [3.63, 3.8) is 0 Å². The number of ether oxygens (including phenoxy) is 1. The fourth-order valence-electron chi connectivity index (χ4n) is 3.06. The minimum Gasteiger partial charge on any atom is -0.488 e. The number of rotatable bonds is 6. The molecule has 1 aliphatic rings. The number of nitrogens with one attached hydrogen (secondary N) is 2. The number of benzene rings is 3. The number of hydrogen-bond donors (Lipinski definition) is 2. The van der Waals surface area contributed by atoms with E-state index in [2.05, 4.69) is 15.6 Å². The third kappa shape index (κ3) is 6.03. The molecule has 1 heterocycles. The lowest BCUT2D eigenvalue weighted by molar-refractivity contribution is -0.115. The number of carbonyl (C=O) groups excluding carboxylic acids is 2. The maximum Gasteiger partial charge on any atom is 0.264 e. The summed E-state index contributed by atoms with van der Waals surface area (Å²) in [6, 6.07) is 22.1.